The summed E-state index contributed by atoms with van der Waals surface area (Å²) in [6, 6.07) is 12.7. The van der Waals surface area contributed by atoms with Crippen LogP contribution in [0.15, 0.2) is 53.5 Å². The highest BCUT2D eigenvalue weighted by molar-refractivity contribution is 6.30. The fraction of sp³-hybridized carbons (Fsp3) is 0.0588. The van der Waals surface area contributed by atoms with Gasteiger partial charge in [-0.2, -0.15) is 0 Å². The van der Waals surface area contributed by atoms with Gasteiger partial charge >= 0.3 is 0 Å². The number of benzene rings is 2. The Labute approximate surface area is 136 Å². The number of methoxy groups -OCH3 is 1. The van der Waals surface area contributed by atoms with Gasteiger partial charge in [-0.05, 0) is 36.4 Å². The first-order valence-corrected chi connectivity index (χ1v) is 7.38. The molecule has 0 spiro atoms. The second-order valence-electron chi connectivity index (χ2n) is 5.16. The van der Waals surface area contributed by atoms with Gasteiger partial charge in [-0.1, -0.05) is 11.6 Å². The summed E-state index contributed by atoms with van der Waals surface area (Å²) >= 11 is 5.90. The lowest BCUT2D eigenvalue weighted by atomic mass is 10.1. The first-order chi connectivity index (χ1) is 11.2. The maximum Gasteiger partial charge on any atom is 0.280 e. The van der Waals surface area contributed by atoms with Gasteiger partial charge in [0.25, 0.3) is 5.56 Å². The Morgan fingerprint density at radius 1 is 1.13 bits per heavy atom. The molecule has 114 valence electrons. The average molecular weight is 326 g/mol. The predicted octanol–water partition coefficient (Wildman–Crippen LogP) is 3.53. The van der Waals surface area contributed by atoms with Crippen LogP contribution in [0.4, 0.5) is 0 Å². The van der Waals surface area contributed by atoms with Gasteiger partial charge in [-0.15, -0.1) is 0 Å². The van der Waals surface area contributed by atoms with E-state index in [2.05, 4.69) is 10.1 Å². The fourth-order valence-corrected chi connectivity index (χ4v) is 2.76. The molecule has 2 aromatic heterocycles. The zero-order chi connectivity index (χ0) is 16.0. The topological polar surface area (TPSA) is 59.9 Å². The van der Waals surface area contributed by atoms with E-state index in [1.165, 1.54) is 4.68 Å². The molecule has 0 fully saturated rings. The van der Waals surface area contributed by atoms with Crippen molar-refractivity contribution >= 4 is 33.4 Å². The van der Waals surface area contributed by atoms with E-state index in [0.717, 1.165) is 27.9 Å². The summed E-state index contributed by atoms with van der Waals surface area (Å²) in [7, 11) is 1.61. The standard InChI is InChI=1S/C17H12ClN3O2/c1-23-12-6-7-13-15(8-12)19-9-14-16(13)20-21(17(14)22)11-4-2-10(18)3-5-11/h2-9,20H,1H3. The average Bonchev–Trinajstić information content (AvgIpc) is 2.92. The lowest BCUT2D eigenvalue weighted by Gasteiger charge is -2.02. The van der Waals surface area contributed by atoms with Crippen LogP contribution in [0.2, 0.25) is 5.02 Å². The zero-order valence-electron chi connectivity index (χ0n) is 12.2. The van der Waals surface area contributed by atoms with Crippen LogP contribution < -0.4 is 10.3 Å². The molecule has 0 radical (unpaired) electrons. The number of pyridine rings is 1. The van der Waals surface area contributed by atoms with Crippen molar-refractivity contribution in [3.63, 3.8) is 0 Å². The third-order valence-electron chi connectivity index (χ3n) is 3.82. The predicted molar refractivity (Wildman–Crippen MR) is 90.8 cm³/mol. The molecule has 5 nitrogen and oxygen atoms in total. The number of halogens is 1. The van der Waals surface area contributed by atoms with Gasteiger partial charge in [0.15, 0.2) is 0 Å². The molecule has 0 bridgehead atoms. The Balaban J connectivity index is 2.01. The SMILES string of the molecule is COc1ccc2c(c1)ncc1c(=O)n(-c3ccc(Cl)cc3)[nH]c12. The highest BCUT2D eigenvalue weighted by Gasteiger charge is 2.12. The van der Waals surface area contributed by atoms with Crippen LogP contribution in [0.25, 0.3) is 27.5 Å². The number of aromatic amines is 1. The van der Waals surface area contributed by atoms with Crippen LogP contribution in [0.1, 0.15) is 0 Å². The van der Waals surface area contributed by atoms with Crippen molar-refractivity contribution in [2.45, 2.75) is 0 Å². The van der Waals surface area contributed by atoms with E-state index in [9.17, 15) is 4.79 Å². The van der Waals surface area contributed by atoms with Gasteiger partial charge < -0.3 is 4.74 Å². The number of hydrogen-bond donors (Lipinski definition) is 1. The number of nitrogens with zero attached hydrogens (tertiary/aromatic N) is 2. The van der Waals surface area contributed by atoms with Crippen LogP contribution in [0, 0.1) is 0 Å². The number of hydrogen-bond acceptors (Lipinski definition) is 3. The number of ether oxygens (including phenoxy) is 1. The van der Waals surface area contributed by atoms with Crippen molar-refractivity contribution in [3.05, 3.63) is 64.0 Å². The Hall–Kier alpha value is -2.79. The summed E-state index contributed by atoms with van der Waals surface area (Å²) in [4.78, 5) is 17.0. The van der Waals surface area contributed by atoms with Gasteiger partial charge in [-0.3, -0.25) is 14.9 Å². The molecule has 0 unspecified atom stereocenters. The number of H-pyrrole nitrogens is 1. The first-order valence-electron chi connectivity index (χ1n) is 7.01. The van der Waals surface area contributed by atoms with E-state index in [1.807, 2.05) is 18.2 Å². The minimum Gasteiger partial charge on any atom is -0.497 e. The van der Waals surface area contributed by atoms with Crippen molar-refractivity contribution in [1.29, 1.82) is 0 Å². The summed E-state index contributed by atoms with van der Waals surface area (Å²) in [5.41, 5.74) is 2.09. The molecule has 0 aliphatic rings. The molecule has 0 atom stereocenters. The van der Waals surface area contributed by atoms with Crippen LogP contribution in [0.5, 0.6) is 5.75 Å². The highest BCUT2D eigenvalue weighted by atomic mass is 35.5. The van der Waals surface area contributed by atoms with Crippen molar-refractivity contribution in [1.82, 2.24) is 14.8 Å². The zero-order valence-corrected chi connectivity index (χ0v) is 13.0. The molecule has 0 saturated carbocycles. The van der Waals surface area contributed by atoms with Gasteiger partial charge in [0.2, 0.25) is 0 Å². The van der Waals surface area contributed by atoms with E-state index < -0.39 is 0 Å². The first kappa shape index (κ1) is 13.8. The molecule has 1 N–H and O–H groups in total. The van der Waals surface area contributed by atoms with E-state index in [4.69, 9.17) is 16.3 Å². The summed E-state index contributed by atoms with van der Waals surface area (Å²) in [5.74, 6) is 0.726. The molecule has 2 aromatic carbocycles. The van der Waals surface area contributed by atoms with Crippen LogP contribution >= 0.6 is 11.6 Å². The smallest absolute Gasteiger partial charge is 0.280 e. The second-order valence-corrected chi connectivity index (χ2v) is 5.60. The van der Waals surface area contributed by atoms with Gasteiger partial charge in [0.05, 0.1) is 29.2 Å². The van der Waals surface area contributed by atoms with Crippen LogP contribution in [-0.4, -0.2) is 21.9 Å². The Morgan fingerprint density at radius 2 is 1.91 bits per heavy atom. The second kappa shape index (κ2) is 5.14. The number of aromatic nitrogens is 3. The van der Waals surface area contributed by atoms with E-state index in [1.54, 1.807) is 37.6 Å². The summed E-state index contributed by atoms with van der Waals surface area (Å²) in [5, 5.41) is 5.19. The van der Waals surface area contributed by atoms with Crippen molar-refractivity contribution < 1.29 is 4.74 Å². The van der Waals surface area contributed by atoms with Crippen LogP contribution in [0.3, 0.4) is 0 Å². The molecule has 4 aromatic rings. The number of fused-ring (bicyclic) bond motifs is 3. The summed E-state index contributed by atoms with van der Waals surface area (Å²) in [6.07, 6.45) is 1.59. The quantitative estimate of drug-likeness (QED) is 0.613. The molecular formula is C17H12ClN3O2. The monoisotopic (exact) mass is 325 g/mol. The molecule has 0 amide bonds. The molecule has 2 heterocycles. The third kappa shape index (κ3) is 2.17. The minimum atomic E-state index is -0.146. The molecule has 23 heavy (non-hydrogen) atoms. The Kier molecular flexibility index (Phi) is 3.09. The summed E-state index contributed by atoms with van der Waals surface area (Å²) < 4.78 is 6.71. The maximum atomic E-state index is 12.6. The normalized spacial score (nSPS) is 11.2. The highest BCUT2D eigenvalue weighted by Crippen LogP contribution is 2.24. The van der Waals surface area contributed by atoms with Crippen molar-refractivity contribution in [2.24, 2.45) is 0 Å². The third-order valence-corrected chi connectivity index (χ3v) is 4.07. The van der Waals surface area contributed by atoms with Gasteiger partial charge in [-0.25, -0.2) is 4.68 Å². The summed E-state index contributed by atoms with van der Waals surface area (Å²) in [6.45, 7) is 0. The Morgan fingerprint density at radius 3 is 2.65 bits per heavy atom. The van der Waals surface area contributed by atoms with E-state index in [-0.39, 0.29) is 5.56 Å². The van der Waals surface area contributed by atoms with E-state index in [0.29, 0.717) is 10.4 Å². The molecule has 0 saturated heterocycles. The molecule has 0 aliphatic carbocycles. The Bertz CT molecular complexity index is 1080. The van der Waals surface area contributed by atoms with E-state index >= 15 is 0 Å². The largest absolute Gasteiger partial charge is 0.497 e. The van der Waals surface area contributed by atoms with Crippen molar-refractivity contribution in [2.75, 3.05) is 7.11 Å². The van der Waals surface area contributed by atoms with Crippen LogP contribution in [-0.2, 0) is 0 Å². The van der Waals surface area contributed by atoms with Gasteiger partial charge in [0, 0.05) is 22.7 Å². The lowest BCUT2D eigenvalue weighted by molar-refractivity contribution is 0.415. The van der Waals surface area contributed by atoms with Gasteiger partial charge in [0.1, 0.15) is 5.75 Å². The number of rotatable bonds is 2. The van der Waals surface area contributed by atoms with Crippen molar-refractivity contribution in [3.8, 4) is 11.4 Å². The number of nitrogens with one attached hydrogen (secondary N) is 1. The fourth-order valence-electron chi connectivity index (χ4n) is 2.64. The minimum absolute atomic E-state index is 0.146. The molecule has 6 heteroatoms. The molecular weight excluding hydrogens is 314 g/mol. The lowest BCUT2D eigenvalue weighted by Crippen LogP contribution is -2.13. The maximum absolute atomic E-state index is 12.6. The molecule has 4 rings (SSSR count). The molecule has 0 aliphatic heterocycles.